The van der Waals surface area contributed by atoms with Gasteiger partial charge in [-0.1, -0.05) is 20.8 Å². The van der Waals surface area contributed by atoms with Gasteiger partial charge in [-0.15, -0.1) is 0 Å². The molecular formula is C14H27NOS. The Morgan fingerprint density at radius 2 is 2.29 bits per heavy atom. The molecule has 1 spiro atoms. The maximum atomic E-state index is 6.07. The fourth-order valence-electron chi connectivity index (χ4n) is 3.12. The number of rotatable bonds is 4. The van der Waals surface area contributed by atoms with Gasteiger partial charge in [0.2, 0.25) is 0 Å². The second kappa shape index (κ2) is 5.94. The molecule has 100 valence electrons. The molecule has 2 aliphatic heterocycles. The highest BCUT2D eigenvalue weighted by Crippen LogP contribution is 2.38. The van der Waals surface area contributed by atoms with E-state index in [1.807, 2.05) is 0 Å². The second-order valence-corrected chi connectivity index (χ2v) is 7.05. The van der Waals surface area contributed by atoms with E-state index in [2.05, 4.69) is 37.8 Å². The molecule has 3 heteroatoms. The lowest BCUT2D eigenvalue weighted by molar-refractivity contribution is -0.0719. The van der Waals surface area contributed by atoms with Gasteiger partial charge in [0, 0.05) is 24.4 Å². The van der Waals surface area contributed by atoms with Gasteiger partial charge in [-0.25, -0.2) is 0 Å². The number of thioether (sulfide) groups is 1. The molecule has 2 saturated heterocycles. The summed E-state index contributed by atoms with van der Waals surface area (Å²) < 4.78 is 6.07. The summed E-state index contributed by atoms with van der Waals surface area (Å²) in [5, 5.41) is 3.87. The number of hydrogen-bond donors (Lipinski definition) is 1. The predicted octanol–water partition coefficient (Wildman–Crippen LogP) is 3.07. The fraction of sp³-hybridized carbons (Fsp3) is 1.00. The van der Waals surface area contributed by atoms with E-state index in [1.54, 1.807) is 0 Å². The molecule has 1 N–H and O–H groups in total. The first-order valence-corrected chi connectivity index (χ1v) is 8.28. The Labute approximate surface area is 110 Å². The van der Waals surface area contributed by atoms with E-state index >= 15 is 0 Å². The van der Waals surface area contributed by atoms with Crippen molar-refractivity contribution in [1.29, 1.82) is 0 Å². The first-order valence-electron chi connectivity index (χ1n) is 7.13. The van der Waals surface area contributed by atoms with E-state index in [9.17, 15) is 0 Å². The molecule has 2 fully saturated rings. The molecule has 0 saturated carbocycles. The van der Waals surface area contributed by atoms with Gasteiger partial charge >= 0.3 is 0 Å². The van der Waals surface area contributed by atoms with Crippen molar-refractivity contribution in [3.8, 4) is 0 Å². The van der Waals surface area contributed by atoms with Crippen molar-refractivity contribution in [3.05, 3.63) is 0 Å². The SMILES string of the molecule is CCC(NC1CCOC2(CCSC2)C1)C(C)C. The lowest BCUT2D eigenvalue weighted by Crippen LogP contribution is -2.50. The van der Waals surface area contributed by atoms with Crippen molar-refractivity contribution >= 4 is 11.8 Å². The highest BCUT2D eigenvalue weighted by molar-refractivity contribution is 7.99. The summed E-state index contributed by atoms with van der Waals surface area (Å²) in [6.07, 6.45) is 4.91. The molecule has 2 nitrogen and oxygen atoms in total. The zero-order valence-corrected chi connectivity index (χ0v) is 12.3. The van der Waals surface area contributed by atoms with Crippen LogP contribution in [0.5, 0.6) is 0 Å². The smallest absolute Gasteiger partial charge is 0.0795 e. The van der Waals surface area contributed by atoms with Gasteiger partial charge in [0.1, 0.15) is 0 Å². The van der Waals surface area contributed by atoms with E-state index in [4.69, 9.17) is 4.74 Å². The minimum atomic E-state index is 0.218. The molecule has 2 aliphatic rings. The van der Waals surface area contributed by atoms with Gasteiger partial charge in [-0.2, -0.15) is 11.8 Å². The molecule has 2 heterocycles. The van der Waals surface area contributed by atoms with Crippen LogP contribution in [0.2, 0.25) is 0 Å². The van der Waals surface area contributed by atoms with Crippen molar-refractivity contribution in [3.63, 3.8) is 0 Å². The molecule has 0 aromatic rings. The normalized spacial score (nSPS) is 35.6. The molecular weight excluding hydrogens is 230 g/mol. The number of ether oxygens (including phenoxy) is 1. The largest absolute Gasteiger partial charge is 0.374 e. The highest BCUT2D eigenvalue weighted by Gasteiger charge is 2.40. The average molecular weight is 257 g/mol. The van der Waals surface area contributed by atoms with Crippen LogP contribution in [0.3, 0.4) is 0 Å². The zero-order chi connectivity index (χ0) is 12.3. The van der Waals surface area contributed by atoms with Gasteiger partial charge in [0.15, 0.2) is 0 Å². The van der Waals surface area contributed by atoms with Crippen LogP contribution in [0, 0.1) is 5.92 Å². The number of nitrogens with one attached hydrogen (secondary N) is 1. The van der Waals surface area contributed by atoms with E-state index in [1.165, 1.54) is 37.2 Å². The minimum absolute atomic E-state index is 0.218. The van der Waals surface area contributed by atoms with Crippen LogP contribution in [0.4, 0.5) is 0 Å². The second-order valence-electron chi connectivity index (χ2n) is 5.95. The van der Waals surface area contributed by atoms with Crippen LogP contribution in [0.25, 0.3) is 0 Å². The molecule has 3 unspecified atom stereocenters. The first-order chi connectivity index (χ1) is 8.15. The monoisotopic (exact) mass is 257 g/mol. The standard InChI is InChI=1S/C14H27NOS/c1-4-13(11(2)3)15-12-5-7-16-14(9-12)6-8-17-10-14/h11-13,15H,4-10H2,1-3H3. The third-order valence-corrected chi connectivity index (χ3v) is 5.48. The van der Waals surface area contributed by atoms with Crippen molar-refractivity contribution < 1.29 is 4.74 Å². The molecule has 0 aromatic heterocycles. The topological polar surface area (TPSA) is 21.3 Å². The lowest BCUT2D eigenvalue weighted by Gasteiger charge is -2.40. The van der Waals surface area contributed by atoms with Crippen LogP contribution < -0.4 is 5.32 Å². The average Bonchev–Trinajstić information content (AvgIpc) is 2.74. The summed E-state index contributed by atoms with van der Waals surface area (Å²) in [7, 11) is 0. The van der Waals surface area contributed by atoms with Gasteiger partial charge in [-0.3, -0.25) is 0 Å². The Morgan fingerprint density at radius 1 is 1.47 bits per heavy atom. The third-order valence-electron chi connectivity index (χ3n) is 4.25. The molecule has 2 rings (SSSR count). The quantitative estimate of drug-likeness (QED) is 0.836. The van der Waals surface area contributed by atoms with E-state index < -0.39 is 0 Å². The van der Waals surface area contributed by atoms with Crippen molar-refractivity contribution in [2.75, 3.05) is 18.1 Å². The summed E-state index contributed by atoms with van der Waals surface area (Å²) in [5.74, 6) is 3.23. The van der Waals surface area contributed by atoms with Crippen LogP contribution in [-0.4, -0.2) is 35.8 Å². The lowest BCUT2D eigenvalue weighted by atomic mass is 9.88. The maximum Gasteiger partial charge on any atom is 0.0795 e. The summed E-state index contributed by atoms with van der Waals surface area (Å²) in [4.78, 5) is 0. The van der Waals surface area contributed by atoms with E-state index in [0.717, 1.165) is 12.5 Å². The Balaban J connectivity index is 1.88. The predicted molar refractivity (Wildman–Crippen MR) is 75.7 cm³/mol. The van der Waals surface area contributed by atoms with Crippen LogP contribution in [0.1, 0.15) is 46.5 Å². The highest BCUT2D eigenvalue weighted by atomic mass is 32.2. The summed E-state index contributed by atoms with van der Waals surface area (Å²) >= 11 is 2.06. The van der Waals surface area contributed by atoms with Crippen LogP contribution in [-0.2, 0) is 4.74 Å². The first kappa shape index (κ1) is 13.7. The zero-order valence-electron chi connectivity index (χ0n) is 11.5. The Hall–Kier alpha value is 0.270. The minimum Gasteiger partial charge on any atom is -0.374 e. The molecule has 0 bridgehead atoms. The summed E-state index contributed by atoms with van der Waals surface area (Å²) in [5.41, 5.74) is 0.218. The Bertz CT molecular complexity index is 238. The van der Waals surface area contributed by atoms with E-state index in [-0.39, 0.29) is 5.60 Å². The summed E-state index contributed by atoms with van der Waals surface area (Å²) in [6, 6.07) is 1.35. The summed E-state index contributed by atoms with van der Waals surface area (Å²) in [6.45, 7) is 7.88. The fourth-order valence-corrected chi connectivity index (χ4v) is 4.50. The van der Waals surface area contributed by atoms with Gasteiger partial charge in [-0.05, 0) is 37.4 Å². The van der Waals surface area contributed by atoms with Crippen molar-refractivity contribution in [2.24, 2.45) is 5.92 Å². The van der Waals surface area contributed by atoms with Gasteiger partial charge in [0.05, 0.1) is 5.60 Å². The maximum absolute atomic E-state index is 6.07. The number of hydrogen-bond acceptors (Lipinski definition) is 3. The molecule has 3 atom stereocenters. The van der Waals surface area contributed by atoms with Crippen LogP contribution >= 0.6 is 11.8 Å². The van der Waals surface area contributed by atoms with Gasteiger partial charge in [0.25, 0.3) is 0 Å². The Kier molecular flexibility index (Phi) is 4.79. The molecule has 0 radical (unpaired) electrons. The van der Waals surface area contributed by atoms with Crippen LogP contribution in [0.15, 0.2) is 0 Å². The van der Waals surface area contributed by atoms with E-state index in [0.29, 0.717) is 12.1 Å². The molecule has 0 aromatic carbocycles. The molecule has 17 heavy (non-hydrogen) atoms. The molecule has 0 amide bonds. The van der Waals surface area contributed by atoms with Crippen molar-refractivity contribution in [1.82, 2.24) is 5.32 Å². The third kappa shape index (κ3) is 3.39. The van der Waals surface area contributed by atoms with Gasteiger partial charge < -0.3 is 10.1 Å². The Morgan fingerprint density at radius 3 is 2.88 bits per heavy atom. The van der Waals surface area contributed by atoms with Crippen molar-refractivity contribution in [2.45, 2.75) is 64.1 Å². The molecule has 0 aliphatic carbocycles.